The molecule has 0 aliphatic heterocycles. The number of hydrogen-bond donors (Lipinski definition) is 2. The molecule has 0 aromatic heterocycles. The van der Waals surface area contributed by atoms with Crippen molar-refractivity contribution in [2.24, 2.45) is 5.92 Å². The van der Waals surface area contributed by atoms with Gasteiger partial charge in [0.15, 0.2) is 0 Å². The number of rotatable bonds is 6. The van der Waals surface area contributed by atoms with Crippen molar-refractivity contribution in [1.82, 2.24) is 5.32 Å². The van der Waals surface area contributed by atoms with Crippen LogP contribution >= 0.6 is 0 Å². The molecule has 1 fully saturated rings. The van der Waals surface area contributed by atoms with Gasteiger partial charge in [-0.05, 0) is 50.3 Å². The van der Waals surface area contributed by atoms with E-state index >= 15 is 0 Å². The van der Waals surface area contributed by atoms with Crippen LogP contribution in [0.15, 0.2) is 54.6 Å². The molecule has 1 saturated carbocycles. The van der Waals surface area contributed by atoms with Crippen molar-refractivity contribution in [1.29, 1.82) is 0 Å². The van der Waals surface area contributed by atoms with Crippen molar-refractivity contribution in [3.8, 4) is 0 Å². The largest absolute Gasteiger partial charge is 0.325 e. The number of hydrogen-bond acceptors (Lipinski definition) is 2. The molecule has 0 radical (unpaired) electrons. The molecule has 3 heteroatoms. The van der Waals surface area contributed by atoms with Gasteiger partial charge in [-0.2, -0.15) is 0 Å². The lowest BCUT2D eigenvalue weighted by Crippen LogP contribution is -2.40. The van der Waals surface area contributed by atoms with Crippen molar-refractivity contribution in [2.75, 3.05) is 5.32 Å². The monoisotopic (exact) mass is 308 g/mol. The molecule has 3 rings (SSSR count). The first kappa shape index (κ1) is 15.8. The molecule has 1 aliphatic carbocycles. The third kappa shape index (κ3) is 4.20. The molecule has 1 amide bonds. The van der Waals surface area contributed by atoms with Crippen LogP contribution in [0.2, 0.25) is 0 Å². The van der Waals surface area contributed by atoms with Gasteiger partial charge in [0.25, 0.3) is 0 Å². The smallest absolute Gasteiger partial charge is 0.241 e. The molecule has 0 heterocycles. The molecule has 23 heavy (non-hydrogen) atoms. The summed E-state index contributed by atoms with van der Waals surface area (Å²) in [5, 5.41) is 6.49. The Labute approximate surface area is 138 Å². The number of nitrogens with one attached hydrogen (secondary N) is 2. The summed E-state index contributed by atoms with van der Waals surface area (Å²) in [4.78, 5) is 12.4. The van der Waals surface area contributed by atoms with Crippen LogP contribution in [0, 0.1) is 12.8 Å². The molecule has 3 nitrogen and oxygen atoms in total. The van der Waals surface area contributed by atoms with Gasteiger partial charge in [-0.3, -0.25) is 10.1 Å². The number of para-hydroxylation sites is 1. The Hall–Kier alpha value is -2.13. The van der Waals surface area contributed by atoms with E-state index in [1.807, 2.05) is 37.3 Å². The van der Waals surface area contributed by atoms with Crippen molar-refractivity contribution in [2.45, 2.75) is 38.8 Å². The van der Waals surface area contributed by atoms with E-state index in [4.69, 9.17) is 0 Å². The fourth-order valence-electron chi connectivity index (χ4n) is 2.82. The van der Waals surface area contributed by atoms with E-state index in [2.05, 4.69) is 41.8 Å². The maximum Gasteiger partial charge on any atom is 0.241 e. The van der Waals surface area contributed by atoms with Gasteiger partial charge in [0.05, 0.1) is 6.04 Å². The fourth-order valence-corrected chi connectivity index (χ4v) is 2.82. The van der Waals surface area contributed by atoms with Crippen molar-refractivity contribution >= 4 is 11.6 Å². The maximum atomic E-state index is 12.4. The molecule has 0 saturated heterocycles. The Kier molecular flexibility index (Phi) is 4.77. The lowest BCUT2D eigenvalue weighted by atomic mass is 10.00. The minimum atomic E-state index is -0.234. The highest BCUT2D eigenvalue weighted by Crippen LogP contribution is 2.41. The second-order valence-electron chi connectivity index (χ2n) is 6.47. The predicted molar refractivity (Wildman–Crippen MR) is 94.3 cm³/mol. The van der Waals surface area contributed by atoms with Crippen LogP contribution < -0.4 is 10.6 Å². The normalized spacial score (nSPS) is 16.6. The number of carbonyl (C=O) groups is 1. The molecule has 0 spiro atoms. The van der Waals surface area contributed by atoms with Crippen LogP contribution in [0.4, 0.5) is 5.69 Å². The van der Waals surface area contributed by atoms with Gasteiger partial charge in [-0.1, -0.05) is 48.0 Å². The summed E-state index contributed by atoms with van der Waals surface area (Å²) in [5.74, 6) is 0.652. The van der Waals surface area contributed by atoms with Crippen LogP contribution in [-0.4, -0.2) is 11.9 Å². The van der Waals surface area contributed by atoms with Gasteiger partial charge in [0.2, 0.25) is 5.91 Å². The number of anilines is 1. The summed E-state index contributed by atoms with van der Waals surface area (Å²) in [5.41, 5.74) is 3.38. The predicted octanol–water partition coefficient (Wildman–Crippen LogP) is 4.06. The highest BCUT2D eigenvalue weighted by molar-refractivity contribution is 5.94. The average molecular weight is 308 g/mol. The van der Waals surface area contributed by atoms with Gasteiger partial charge in [-0.25, -0.2) is 0 Å². The molecule has 0 unspecified atom stereocenters. The van der Waals surface area contributed by atoms with Crippen LogP contribution in [-0.2, 0) is 4.79 Å². The third-order valence-electron chi connectivity index (χ3n) is 4.39. The summed E-state index contributed by atoms with van der Waals surface area (Å²) in [6.07, 6.45) is 2.47. The van der Waals surface area contributed by atoms with E-state index in [1.54, 1.807) is 0 Å². The quantitative estimate of drug-likeness (QED) is 0.845. The third-order valence-corrected chi connectivity index (χ3v) is 4.39. The zero-order chi connectivity index (χ0) is 16.2. The Morgan fingerprint density at radius 1 is 1.04 bits per heavy atom. The summed E-state index contributed by atoms with van der Waals surface area (Å²) < 4.78 is 0. The van der Waals surface area contributed by atoms with Crippen molar-refractivity contribution in [3.05, 3.63) is 65.7 Å². The van der Waals surface area contributed by atoms with Crippen LogP contribution in [0.25, 0.3) is 0 Å². The van der Waals surface area contributed by atoms with Gasteiger partial charge in [-0.15, -0.1) is 0 Å². The zero-order valence-electron chi connectivity index (χ0n) is 13.8. The van der Waals surface area contributed by atoms with Gasteiger partial charge >= 0.3 is 0 Å². The molecule has 0 bridgehead atoms. The molecule has 2 aromatic rings. The van der Waals surface area contributed by atoms with Gasteiger partial charge in [0, 0.05) is 11.7 Å². The van der Waals surface area contributed by atoms with Crippen molar-refractivity contribution in [3.63, 3.8) is 0 Å². The Morgan fingerprint density at radius 2 is 1.70 bits per heavy atom. The standard InChI is InChI=1S/C20H24N2O/c1-14-8-10-16(11-9-14)19(17-12-13-17)21-15(2)20(23)22-18-6-4-3-5-7-18/h3-11,15,17,19,21H,12-13H2,1-2H3,(H,22,23)/t15-,19+/m0/s1. The maximum absolute atomic E-state index is 12.4. The first-order valence-corrected chi connectivity index (χ1v) is 8.32. The minimum Gasteiger partial charge on any atom is -0.325 e. The van der Waals surface area contributed by atoms with Crippen LogP contribution in [0.5, 0.6) is 0 Å². The zero-order valence-corrected chi connectivity index (χ0v) is 13.8. The minimum absolute atomic E-state index is 0.00830. The Morgan fingerprint density at radius 3 is 2.30 bits per heavy atom. The first-order chi connectivity index (χ1) is 11.1. The lowest BCUT2D eigenvalue weighted by Gasteiger charge is -2.23. The van der Waals surface area contributed by atoms with E-state index in [-0.39, 0.29) is 18.0 Å². The first-order valence-electron chi connectivity index (χ1n) is 8.32. The molecule has 2 aromatic carbocycles. The van der Waals surface area contributed by atoms with Gasteiger partial charge in [0.1, 0.15) is 0 Å². The topological polar surface area (TPSA) is 41.1 Å². The summed E-state index contributed by atoms with van der Waals surface area (Å²) in [6.45, 7) is 4.03. The summed E-state index contributed by atoms with van der Waals surface area (Å²) in [7, 11) is 0. The number of carbonyl (C=O) groups excluding carboxylic acids is 1. The van der Waals surface area contributed by atoms with Crippen LogP contribution in [0.3, 0.4) is 0 Å². The number of aryl methyl sites for hydroxylation is 1. The number of amides is 1. The molecular formula is C20H24N2O. The summed E-state index contributed by atoms with van der Waals surface area (Å²) in [6, 6.07) is 18.3. The van der Waals surface area contributed by atoms with E-state index in [0.717, 1.165) is 5.69 Å². The van der Waals surface area contributed by atoms with E-state index in [9.17, 15) is 4.79 Å². The molecule has 1 aliphatic rings. The van der Waals surface area contributed by atoms with E-state index in [0.29, 0.717) is 5.92 Å². The fraction of sp³-hybridized carbons (Fsp3) is 0.350. The lowest BCUT2D eigenvalue weighted by molar-refractivity contribution is -0.118. The highest BCUT2D eigenvalue weighted by Gasteiger charge is 2.33. The Bertz CT molecular complexity index is 647. The average Bonchev–Trinajstić information content (AvgIpc) is 3.39. The molecular weight excluding hydrogens is 284 g/mol. The molecule has 120 valence electrons. The Balaban J connectivity index is 1.65. The van der Waals surface area contributed by atoms with Crippen molar-refractivity contribution < 1.29 is 4.79 Å². The highest BCUT2D eigenvalue weighted by atomic mass is 16.2. The summed E-state index contributed by atoms with van der Waals surface area (Å²) >= 11 is 0. The second kappa shape index (κ2) is 6.97. The van der Waals surface area contributed by atoms with Gasteiger partial charge < -0.3 is 5.32 Å². The second-order valence-corrected chi connectivity index (χ2v) is 6.47. The van der Waals surface area contributed by atoms with E-state index in [1.165, 1.54) is 24.0 Å². The van der Waals surface area contributed by atoms with E-state index < -0.39 is 0 Å². The molecule has 2 atom stereocenters. The molecule has 2 N–H and O–H groups in total. The SMILES string of the molecule is Cc1ccc([C@@H](N[C@@H](C)C(=O)Nc2ccccc2)C2CC2)cc1. The number of benzene rings is 2. The van der Waals surface area contributed by atoms with Crippen LogP contribution in [0.1, 0.15) is 36.9 Å².